The summed E-state index contributed by atoms with van der Waals surface area (Å²) in [5, 5.41) is 47.7. The van der Waals surface area contributed by atoms with Crippen LogP contribution in [0, 0.1) is 0 Å². The third-order valence-corrected chi connectivity index (χ3v) is 9.62. The highest BCUT2D eigenvalue weighted by molar-refractivity contribution is 7.95. The third kappa shape index (κ3) is 17.1. The van der Waals surface area contributed by atoms with Crippen molar-refractivity contribution < 1.29 is 65.0 Å². The maximum Gasteiger partial charge on any atom is 0.295 e. The molecule has 0 spiro atoms. The molecule has 60 heavy (non-hydrogen) atoms. The Balaban J connectivity index is 1.59. The van der Waals surface area contributed by atoms with Gasteiger partial charge in [-0.2, -0.15) is 46.7 Å². The monoisotopic (exact) mass is 918 g/mol. The number of aromatic nitrogens is 6. The van der Waals surface area contributed by atoms with Crippen molar-refractivity contribution in [3.63, 3.8) is 0 Å². The number of rotatable bonds is 27. The first-order valence-electron chi connectivity index (χ1n) is 16.8. The van der Waals surface area contributed by atoms with Crippen LogP contribution in [0.3, 0.4) is 0 Å². The normalized spacial score (nSPS) is 12.0. The number of ether oxygens (including phenoxy) is 1. The van der Waals surface area contributed by atoms with E-state index in [4.69, 9.17) is 24.9 Å². The molecule has 2 aromatic carbocycles. The van der Waals surface area contributed by atoms with Crippen LogP contribution in [0.2, 0.25) is 0 Å². The number of hydrogen-bond donors (Lipinski definition) is 10. The van der Waals surface area contributed by atoms with Gasteiger partial charge >= 0.3 is 0 Å². The van der Waals surface area contributed by atoms with Crippen molar-refractivity contribution in [1.29, 1.82) is 0 Å². The lowest BCUT2D eigenvalue weighted by atomic mass is 10.1. The van der Waals surface area contributed by atoms with Crippen LogP contribution >= 0.6 is 24.1 Å². The van der Waals surface area contributed by atoms with Gasteiger partial charge in [-0.3, -0.25) is 9.11 Å². The highest BCUT2D eigenvalue weighted by atomic mass is 32.2. The van der Waals surface area contributed by atoms with Crippen molar-refractivity contribution in [1.82, 2.24) is 35.2 Å². The predicted octanol–water partition coefficient (Wildman–Crippen LogP) is 2.60. The molecule has 10 N–H and O–H groups in total. The molecule has 0 unspecified atom stereocenters. The van der Waals surface area contributed by atoms with Crippen molar-refractivity contribution >= 4 is 104 Å². The van der Waals surface area contributed by atoms with Crippen LogP contribution < -0.4 is 26.6 Å². The van der Waals surface area contributed by atoms with Crippen LogP contribution in [0.4, 0.5) is 41.1 Å². The summed E-state index contributed by atoms with van der Waals surface area (Å²) in [6.45, 7) is 0.412. The zero-order valence-corrected chi connectivity index (χ0v) is 34.3. The summed E-state index contributed by atoms with van der Waals surface area (Å²) in [4.78, 5) is 29.4. The lowest BCUT2D eigenvalue weighted by molar-refractivity contribution is -0.432. The molecule has 4 rings (SSSR count). The lowest BCUT2D eigenvalue weighted by Crippen LogP contribution is -2.18. The number of hydrogen-bond acceptors (Lipinski definition) is 26. The summed E-state index contributed by atoms with van der Waals surface area (Å²) in [6.07, 6.45) is 4.30. The predicted molar refractivity (Wildman–Crippen MR) is 218 cm³/mol. The van der Waals surface area contributed by atoms with Gasteiger partial charge in [-0.15, -0.1) is 8.67 Å². The number of nitrogens with one attached hydrogen (secondary N) is 5. The van der Waals surface area contributed by atoms with Crippen LogP contribution in [0.1, 0.15) is 17.0 Å². The second kappa shape index (κ2) is 24.5. The first-order valence-corrected chi connectivity index (χ1v) is 21.5. The second-order valence-corrected chi connectivity index (χ2v) is 15.6. The van der Waals surface area contributed by atoms with E-state index in [1.807, 2.05) is 0 Å². The zero-order valence-electron chi connectivity index (χ0n) is 31.0. The molecule has 326 valence electrons. The van der Waals surface area contributed by atoms with E-state index in [2.05, 4.69) is 80.2 Å². The molecule has 0 aliphatic rings. The van der Waals surface area contributed by atoms with Crippen LogP contribution in [0.25, 0.3) is 12.2 Å². The van der Waals surface area contributed by atoms with Gasteiger partial charge < -0.3 is 36.4 Å². The first kappa shape index (κ1) is 47.9. The Kier molecular flexibility index (Phi) is 19.5. The average molecular weight is 919 g/mol. The molecule has 0 aliphatic carbocycles. The Labute approximate surface area is 350 Å². The van der Waals surface area contributed by atoms with E-state index in [1.165, 1.54) is 42.6 Å². The average Bonchev–Trinajstić information content (AvgIpc) is 3.19. The molecule has 0 amide bonds. The van der Waals surface area contributed by atoms with E-state index >= 15 is 0 Å². The molecule has 2 aromatic heterocycles. The van der Waals surface area contributed by atoms with E-state index in [9.17, 15) is 21.4 Å². The van der Waals surface area contributed by atoms with Gasteiger partial charge in [0.05, 0.1) is 49.9 Å². The fraction of sp³-hybridized carbons (Fsp3) is 0.300. The van der Waals surface area contributed by atoms with Gasteiger partial charge in [0, 0.05) is 47.6 Å². The number of aliphatic imine (C=N–C) groups is 1. The van der Waals surface area contributed by atoms with Crippen molar-refractivity contribution in [2.45, 2.75) is 16.3 Å². The molecule has 0 bridgehead atoms. The largest absolute Gasteiger partial charge is 0.394 e. The molecule has 26 nitrogen and oxygen atoms in total. The minimum atomic E-state index is -4.80. The number of nitrogens with zero attached hydrogens (tertiary/aromatic N) is 7. The molecule has 0 aliphatic heterocycles. The first-order chi connectivity index (χ1) is 28.8. The smallest absolute Gasteiger partial charge is 0.295 e. The summed E-state index contributed by atoms with van der Waals surface area (Å²) in [7, 11) is -7.39. The molecule has 30 heteroatoms. The van der Waals surface area contributed by atoms with Gasteiger partial charge in [0.2, 0.25) is 23.8 Å². The number of aliphatic hydroxyl groups is 1. The van der Waals surface area contributed by atoms with Gasteiger partial charge in [0.25, 0.3) is 26.2 Å². The van der Waals surface area contributed by atoms with Gasteiger partial charge in [0.15, 0.2) is 0 Å². The van der Waals surface area contributed by atoms with Gasteiger partial charge in [-0.25, -0.2) is 15.5 Å². The fourth-order valence-corrected chi connectivity index (χ4v) is 6.34. The quantitative estimate of drug-likeness (QED) is 0.00781. The molecule has 0 radical (unpaired) electrons. The SMILES string of the molecule is CNCc1nc(N=CCSOOO)nc(Nc2ccc(C=Cc3ccc(Nc4nc(NCCOCCO)nc(NCCS(=O)(=O)O)n4)cc3SOOO)c(S(=O)(=O)O)c2)n1. The minimum Gasteiger partial charge on any atom is -0.394 e. The Hall–Kier alpha value is -4.77. The third-order valence-electron chi connectivity index (χ3n) is 6.89. The summed E-state index contributed by atoms with van der Waals surface area (Å²) in [5.74, 6) is -0.133. The molecule has 0 saturated heterocycles. The Morgan fingerprint density at radius 2 is 1.43 bits per heavy atom. The summed E-state index contributed by atoms with van der Waals surface area (Å²) < 4.78 is 81.0. The maximum atomic E-state index is 12.6. The molecule has 4 aromatic rings. The molecular weight excluding hydrogens is 881 g/mol. The van der Waals surface area contributed by atoms with Crippen LogP contribution in [-0.4, -0.2) is 129 Å². The topological polar surface area (TPSA) is 365 Å². The molecule has 0 fully saturated rings. The highest BCUT2D eigenvalue weighted by Crippen LogP contribution is 2.31. The summed E-state index contributed by atoms with van der Waals surface area (Å²) in [5.41, 5.74) is 1.05. The van der Waals surface area contributed by atoms with Gasteiger partial charge in [-0.1, -0.05) is 34.4 Å². The van der Waals surface area contributed by atoms with E-state index in [1.54, 1.807) is 19.2 Å². The molecular formula is C30H38N12O14S4. The van der Waals surface area contributed by atoms with Crippen molar-refractivity contribution in [2.24, 2.45) is 4.99 Å². The van der Waals surface area contributed by atoms with Crippen LogP contribution in [0.15, 0.2) is 51.2 Å². The van der Waals surface area contributed by atoms with Crippen molar-refractivity contribution in [3.05, 3.63) is 53.3 Å². The van der Waals surface area contributed by atoms with E-state index < -0.39 is 30.9 Å². The molecule has 2 heterocycles. The second-order valence-electron chi connectivity index (χ2n) is 11.2. The molecule has 0 saturated carbocycles. The Morgan fingerprint density at radius 1 is 0.783 bits per heavy atom. The van der Waals surface area contributed by atoms with E-state index in [0.29, 0.717) is 34.0 Å². The number of anilines is 6. The van der Waals surface area contributed by atoms with Crippen LogP contribution in [-0.2, 0) is 50.3 Å². The number of benzene rings is 2. The minimum absolute atomic E-state index is 0.00525. The zero-order chi connectivity index (χ0) is 43.4. The Morgan fingerprint density at radius 3 is 2.10 bits per heavy atom. The maximum absolute atomic E-state index is 12.6. The standard InChI is InChI=1S/C30H38N12O14S4/c1-31-18-25-37-26(33-9-14-57-55-53-44)40-29(38-25)36-22-7-5-20(24(17-22)60(49,50)51)3-2-19-4-6-21(16-23(19)58-56-54-45)35-30-41-27(32-8-12-52-13-11-43)39-28(42-30)34-10-15-59(46,47)48/h2-7,9,16-17,31,43-45H,8,10-15,18H2,1H3,(H,46,47,48)(H,49,50,51)(H,36,37,38,40)(H3,32,34,35,39,41,42). The van der Waals surface area contributed by atoms with E-state index in [-0.39, 0.29) is 86.2 Å². The highest BCUT2D eigenvalue weighted by Gasteiger charge is 2.17. The number of aliphatic hydroxyl groups excluding tert-OH is 1. The Bertz CT molecular complexity index is 2300. The lowest BCUT2D eigenvalue weighted by Gasteiger charge is -2.13. The molecule has 0 atom stereocenters. The summed E-state index contributed by atoms with van der Waals surface area (Å²) >= 11 is 1.33. The fourth-order valence-electron chi connectivity index (χ4n) is 4.53. The van der Waals surface area contributed by atoms with Crippen LogP contribution in [0.5, 0.6) is 0 Å². The van der Waals surface area contributed by atoms with Crippen molar-refractivity contribution in [2.75, 3.05) is 72.7 Å². The van der Waals surface area contributed by atoms with Gasteiger partial charge in [-0.05, 0) is 42.4 Å². The summed E-state index contributed by atoms with van der Waals surface area (Å²) in [6, 6.07) is 8.82. The van der Waals surface area contributed by atoms with Gasteiger partial charge in [0.1, 0.15) is 10.7 Å². The van der Waals surface area contributed by atoms with E-state index in [0.717, 1.165) is 12.0 Å². The van der Waals surface area contributed by atoms with Crippen molar-refractivity contribution in [3.8, 4) is 0 Å².